The molecule has 4 heteroatoms. The van der Waals surface area contributed by atoms with E-state index >= 15 is 0 Å². The van der Waals surface area contributed by atoms with E-state index in [1.54, 1.807) is 0 Å². The summed E-state index contributed by atoms with van der Waals surface area (Å²) in [6, 6.07) is 10.3. The molecule has 0 unspecified atom stereocenters. The third-order valence-corrected chi connectivity index (χ3v) is 2.03. The van der Waals surface area contributed by atoms with Gasteiger partial charge in [-0.15, -0.1) is 24.8 Å². The number of hydrogen-bond donors (Lipinski definition) is 1. The Bertz CT molecular complexity index is 418. The van der Waals surface area contributed by atoms with Crippen molar-refractivity contribution in [2.75, 3.05) is 7.05 Å². The lowest BCUT2D eigenvalue weighted by Crippen LogP contribution is -2.05. The molecule has 2 rings (SSSR count). The van der Waals surface area contributed by atoms with Crippen LogP contribution in [0, 0.1) is 0 Å². The molecule has 0 amide bonds. The van der Waals surface area contributed by atoms with Crippen molar-refractivity contribution >= 4 is 35.7 Å². The van der Waals surface area contributed by atoms with Crippen molar-refractivity contribution in [3.8, 4) is 0 Å². The summed E-state index contributed by atoms with van der Waals surface area (Å²) in [5.41, 5.74) is 2.28. The molecule has 1 aromatic heterocycles. The van der Waals surface area contributed by atoms with Crippen LogP contribution in [0.4, 0.5) is 0 Å². The molecule has 2 nitrogen and oxygen atoms in total. The van der Waals surface area contributed by atoms with E-state index in [-0.39, 0.29) is 24.8 Å². The SMILES string of the molecule is CNCc1cnc2ccccc2c1.Cl.Cl. The molecule has 0 saturated heterocycles. The number of rotatable bonds is 2. The van der Waals surface area contributed by atoms with E-state index in [0.717, 1.165) is 12.1 Å². The van der Waals surface area contributed by atoms with Crippen molar-refractivity contribution in [3.63, 3.8) is 0 Å². The molecule has 2 aromatic rings. The summed E-state index contributed by atoms with van der Waals surface area (Å²) in [5.74, 6) is 0. The first-order valence-electron chi connectivity index (χ1n) is 4.38. The zero-order valence-corrected chi connectivity index (χ0v) is 10.1. The Balaban J connectivity index is 0.000000980. The molecule has 0 aliphatic rings. The van der Waals surface area contributed by atoms with Crippen LogP contribution in [0.25, 0.3) is 10.9 Å². The highest BCUT2D eigenvalue weighted by Crippen LogP contribution is 2.12. The van der Waals surface area contributed by atoms with Crippen molar-refractivity contribution in [2.45, 2.75) is 6.54 Å². The maximum absolute atomic E-state index is 4.36. The Hall–Kier alpha value is -0.830. The quantitative estimate of drug-likeness (QED) is 0.879. The standard InChI is InChI=1S/C11H12N2.2ClH/c1-12-7-9-6-10-4-2-3-5-11(10)13-8-9;;/h2-6,8,12H,7H2,1H3;2*1H. The van der Waals surface area contributed by atoms with Crippen LogP contribution in [0.3, 0.4) is 0 Å². The lowest BCUT2D eigenvalue weighted by molar-refractivity contribution is 0.815. The molecule has 1 N–H and O–H groups in total. The molecule has 15 heavy (non-hydrogen) atoms. The number of aromatic nitrogens is 1. The highest BCUT2D eigenvalue weighted by molar-refractivity contribution is 5.85. The minimum Gasteiger partial charge on any atom is -0.316 e. The minimum absolute atomic E-state index is 0. The smallest absolute Gasteiger partial charge is 0.0702 e. The molecule has 0 bridgehead atoms. The van der Waals surface area contributed by atoms with Gasteiger partial charge in [-0.3, -0.25) is 4.98 Å². The number of fused-ring (bicyclic) bond motifs is 1. The van der Waals surface area contributed by atoms with Crippen LogP contribution in [0.5, 0.6) is 0 Å². The monoisotopic (exact) mass is 244 g/mol. The number of nitrogens with one attached hydrogen (secondary N) is 1. The van der Waals surface area contributed by atoms with Gasteiger partial charge in [0, 0.05) is 18.1 Å². The fourth-order valence-electron chi connectivity index (χ4n) is 1.42. The first kappa shape index (κ1) is 14.2. The minimum atomic E-state index is 0. The first-order valence-corrected chi connectivity index (χ1v) is 4.38. The van der Waals surface area contributed by atoms with Crippen molar-refractivity contribution < 1.29 is 0 Å². The predicted octanol–water partition coefficient (Wildman–Crippen LogP) is 2.80. The van der Waals surface area contributed by atoms with Crippen molar-refractivity contribution in [3.05, 3.63) is 42.1 Å². The van der Waals surface area contributed by atoms with E-state index in [2.05, 4.69) is 22.4 Å². The topological polar surface area (TPSA) is 24.9 Å². The number of halogens is 2. The van der Waals surface area contributed by atoms with Gasteiger partial charge in [-0.2, -0.15) is 0 Å². The molecule has 82 valence electrons. The van der Waals surface area contributed by atoms with E-state index in [1.807, 2.05) is 31.4 Å². The zero-order valence-electron chi connectivity index (χ0n) is 8.43. The van der Waals surface area contributed by atoms with Crippen LogP contribution in [0.1, 0.15) is 5.56 Å². The van der Waals surface area contributed by atoms with Crippen LogP contribution >= 0.6 is 24.8 Å². The molecule has 0 aliphatic carbocycles. The number of para-hydroxylation sites is 1. The molecule has 0 fully saturated rings. The molecule has 1 heterocycles. The number of hydrogen-bond acceptors (Lipinski definition) is 2. The van der Waals surface area contributed by atoms with Crippen LogP contribution in [0.15, 0.2) is 36.5 Å². The average Bonchev–Trinajstić information content (AvgIpc) is 2.18. The maximum atomic E-state index is 4.36. The summed E-state index contributed by atoms with van der Waals surface area (Å²) in [7, 11) is 1.94. The second kappa shape index (κ2) is 6.62. The molecule has 0 saturated carbocycles. The highest BCUT2D eigenvalue weighted by Gasteiger charge is 1.95. The van der Waals surface area contributed by atoms with Gasteiger partial charge < -0.3 is 5.32 Å². The molecular formula is C11H14Cl2N2. The molecule has 0 aliphatic heterocycles. The van der Waals surface area contributed by atoms with E-state index in [0.29, 0.717) is 0 Å². The van der Waals surface area contributed by atoms with E-state index in [9.17, 15) is 0 Å². The molecule has 0 atom stereocenters. The van der Waals surface area contributed by atoms with Crippen LogP contribution < -0.4 is 5.32 Å². The summed E-state index contributed by atoms with van der Waals surface area (Å²) in [5, 5.41) is 4.31. The third-order valence-electron chi connectivity index (χ3n) is 2.03. The van der Waals surface area contributed by atoms with E-state index in [1.165, 1.54) is 10.9 Å². The van der Waals surface area contributed by atoms with Crippen molar-refractivity contribution in [1.29, 1.82) is 0 Å². The summed E-state index contributed by atoms with van der Waals surface area (Å²) in [6.07, 6.45) is 1.92. The fourth-order valence-corrected chi connectivity index (χ4v) is 1.42. The van der Waals surface area contributed by atoms with Gasteiger partial charge in [0.1, 0.15) is 0 Å². The number of pyridine rings is 1. The highest BCUT2D eigenvalue weighted by atomic mass is 35.5. The van der Waals surface area contributed by atoms with E-state index < -0.39 is 0 Å². The van der Waals surface area contributed by atoms with Crippen LogP contribution in [-0.4, -0.2) is 12.0 Å². The maximum Gasteiger partial charge on any atom is 0.0702 e. The predicted molar refractivity (Wildman–Crippen MR) is 69.0 cm³/mol. The summed E-state index contributed by atoms with van der Waals surface area (Å²) >= 11 is 0. The Kier molecular flexibility index (Phi) is 6.25. The average molecular weight is 245 g/mol. The van der Waals surface area contributed by atoms with Gasteiger partial charge in [0.2, 0.25) is 0 Å². The molecule has 1 aromatic carbocycles. The van der Waals surface area contributed by atoms with E-state index in [4.69, 9.17) is 0 Å². The van der Waals surface area contributed by atoms with Crippen LogP contribution in [-0.2, 0) is 6.54 Å². The Morgan fingerprint density at radius 3 is 2.67 bits per heavy atom. The summed E-state index contributed by atoms with van der Waals surface area (Å²) in [4.78, 5) is 4.36. The summed E-state index contributed by atoms with van der Waals surface area (Å²) < 4.78 is 0. The Labute approximate surface area is 102 Å². The Morgan fingerprint density at radius 1 is 1.20 bits per heavy atom. The van der Waals surface area contributed by atoms with Gasteiger partial charge in [0.05, 0.1) is 5.52 Å². The van der Waals surface area contributed by atoms with Gasteiger partial charge in [0.25, 0.3) is 0 Å². The van der Waals surface area contributed by atoms with Crippen LogP contribution in [0.2, 0.25) is 0 Å². The van der Waals surface area contributed by atoms with Gasteiger partial charge in [-0.25, -0.2) is 0 Å². The second-order valence-corrected chi connectivity index (χ2v) is 3.07. The fraction of sp³-hybridized carbons (Fsp3) is 0.182. The molecule has 0 spiro atoms. The normalized spacial score (nSPS) is 9.13. The molecular weight excluding hydrogens is 231 g/mol. The van der Waals surface area contributed by atoms with Gasteiger partial charge in [-0.05, 0) is 24.7 Å². The largest absolute Gasteiger partial charge is 0.316 e. The third kappa shape index (κ3) is 3.34. The van der Waals surface area contributed by atoms with Crippen molar-refractivity contribution in [2.24, 2.45) is 0 Å². The van der Waals surface area contributed by atoms with Crippen molar-refractivity contribution in [1.82, 2.24) is 10.3 Å². The second-order valence-electron chi connectivity index (χ2n) is 3.07. The zero-order chi connectivity index (χ0) is 9.10. The summed E-state index contributed by atoms with van der Waals surface area (Å²) in [6.45, 7) is 0.873. The number of nitrogens with zero attached hydrogens (tertiary/aromatic N) is 1. The lowest BCUT2D eigenvalue weighted by Gasteiger charge is -2.01. The lowest BCUT2D eigenvalue weighted by atomic mass is 10.1. The van der Waals surface area contributed by atoms with Gasteiger partial charge in [-0.1, -0.05) is 18.2 Å². The van der Waals surface area contributed by atoms with Gasteiger partial charge >= 0.3 is 0 Å². The number of benzene rings is 1. The van der Waals surface area contributed by atoms with Gasteiger partial charge in [0.15, 0.2) is 0 Å². The Morgan fingerprint density at radius 2 is 1.93 bits per heavy atom. The molecule has 0 radical (unpaired) electrons. The first-order chi connectivity index (χ1) is 6.40.